The van der Waals surface area contributed by atoms with Crippen molar-refractivity contribution in [3.63, 3.8) is 0 Å². The molecule has 4 heterocycles. The van der Waals surface area contributed by atoms with Crippen molar-refractivity contribution >= 4 is 22.6 Å². The van der Waals surface area contributed by atoms with Crippen LogP contribution in [-0.2, 0) is 6.42 Å². The number of likely N-dealkylation sites (tertiary alicyclic amines) is 2. The quantitative estimate of drug-likeness (QED) is 0.169. The van der Waals surface area contributed by atoms with E-state index >= 15 is 0 Å². The highest BCUT2D eigenvalue weighted by Crippen LogP contribution is 2.38. The number of H-pyrrole nitrogens is 1. The number of nitrogens with zero attached hydrogens (tertiary/aromatic N) is 4. The largest absolute Gasteiger partial charge is 0.507 e. The molecule has 2 aliphatic heterocycles. The van der Waals surface area contributed by atoms with Crippen LogP contribution in [0.15, 0.2) is 79.0 Å². The normalized spacial score (nSPS) is 19.1. The van der Waals surface area contributed by atoms with Gasteiger partial charge in [0.1, 0.15) is 11.6 Å². The minimum atomic E-state index is -0.216. The lowest BCUT2D eigenvalue weighted by atomic mass is 9.74. The summed E-state index contributed by atoms with van der Waals surface area (Å²) < 4.78 is 0. The average molecular weight is 617 g/mol. The van der Waals surface area contributed by atoms with E-state index in [4.69, 9.17) is 0 Å². The van der Waals surface area contributed by atoms with Gasteiger partial charge in [0.25, 0.3) is 5.91 Å². The lowest BCUT2D eigenvalue weighted by Gasteiger charge is -2.48. The SMILES string of the molecule is CN1CCCC2(CCCN(CCc3ccc(NC(=O)c4ccc5[nH]c(-c6cc(-c7cccnc7O)ccc6O)nc5c4)cc3)C2)C1. The van der Waals surface area contributed by atoms with E-state index < -0.39 is 0 Å². The van der Waals surface area contributed by atoms with Gasteiger partial charge in [0.2, 0.25) is 5.88 Å². The molecular weight excluding hydrogens is 576 g/mol. The van der Waals surface area contributed by atoms with E-state index in [9.17, 15) is 15.0 Å². The molecule has 2 aliphatic rings. The van der Waals surface area contributed by atoms with Crippen LogP contribution in [0.5, 0.6) is 11.6 Å². The van der Waals surface area contributed by atoms with E-state index in [-0.39, 0.29) is 17.5 Å². The van der Waals surface area contributed by atoms with Gasteiger partial charge in [0, 0.05) is 42.6 Å². The number of amides is 1. The molecule has 236 valence electrons. The van der Waals surface area contributed by atoms with E-state index in [1.54, 1.807) is 42.5 Å². The van der Waals surface area contributed by atoms with Gasteiger partial charge in [0.05, 0.1) is 16.6 Å². The predicted molar refractivity (Wildman–Crippen MR) is 181 cm³/mol. The summed E-state index contributed by atoms with van der Waals surface area (Å²) in [5, 5.41) is 23.8. The Morgan fingerprint density at radius 2 is 1.78 bits per heavy atom. The summed E-state index contributed by atoms with van der Waals surface area (Å²) in [6.45, 7) is 5.91. The Hall–Kier alpha value is -4.73. The molecule has 46 heavy (non-hydrogen) atoms. The van der Waals surface area contributed by atoms with Crippen LogP contribution >= 0.6 is 0 Å². The molecule has 9 heteroatoms. The number of aromatic nitrogens is 3. The molecule has 1 amide bonds. The minimum Gasteiger partial charge on any atom is -0.507 e. The van der Waals surface area contributed by atoms with Crippen molar-refractivity contribution in [3.05, 3.63) is 90.1 Å². The number of nitrogens with one attached hydrogen (secondary N) is 2. The maximum atomic E-state index is 13.2. The zero-order valence-electron chi connectivity index (χ0n) is 26.2. The number of phenols is 1. The summed E-state index contributed by atoms with van der Waals surface area (Å²) in [5.41, 5.74) is 6.04. The Morgan fingerprint density at radius 3 is 2.59 bits per heavy atom. The average Bonchev–Trinajstić information content (AvgIpc) is 3.48. The summed E-state index contributed by atoms with van der Waals surface area (Å²) in [6, 6.07) is 22.0. The monoisotopic (exact) mass is 616 g/mol. The fourth-order valence-electron chi connectivity index (χ4n) is 7.32. The van der Waals surface area contributed by atoms with Gasteiger partial charge >= 0.3 is 0 Å². The molecule has 7 rings (SSSR count). The molecule has 1 spiro atoms. The first-order chi connectivity index (χ1) is 22.3. The summed E-state index contributed by atoms with van der Waals surface area (Å²) in [6.07, 6.45) is 7.83. The molecular formula is C37H40N6O3. The third-order valence-electron chi connectivity index (χ3n) is 9.62. The van der Waals surface area contributed by atoms with Gasteiger partial charge < -0.3 is 30.3 Å². The number of fused-ring (bicyclic) bond motifs is 1. The van der Waals surface area contributed by atoms with Gasteiger partial charge in [-0.15, -0.1) is 0 Å². The Labute approximate surface area is 268 Å². The Bertz CT molecular complexity index is 1870. The molecule has 2 saturated heterocycles. The maximum absolute atomic E-state index is 13.2. The van der Waals surface area contributed by atoms with Gasteiger partial charge in [-0.05, 0) is 123 Å². The molecule has 9 nitrogen and oxygen atoms in total. The van der Waals surface area contributed by atoms with Crippen LogP contribution in [0.1, 0.15) is 41.6 Å². The number of anilines is 1. The van der Waals surface area contributed by atoms with Crippen molar-refractivity contribution in [2.24, 2.45) is 5.41 Å². The van der Waals surface area contributed by atoms with Gasteiger partial charge in [-0.25, -0.2) is 9.97 Å². The van der Waals surface area contributed by atoms with Crippen LogP contribution in [-0.4, -0.2) is 80.6 Å². The zero-order chi connectivity index (χ0) is 31.7. The van der Waals surface area contributed by atoms with Gasteiger partial charge in [-0.3, -0.25) is 4.79 Å². The van der Waals surface area contributed by atoms with Gasteiger partial charge in [-0.2, -0.15) is 0 Å². The first-order valence-corrected chi connectivity index (χ1v) is 16.1. The van der Waals surface area contributed by atoms with Crippen molar-refractivity contribution < 1.29 is 15.0 Å². The van der Waals surface area contributed by atoms with Crippen LogP contribution in [0.25, 0.3) is 33.5 Å². The second-order valence-corrected chi connectivity index (χ2v) is 13.0. The van der Waals surface area contributed by atoms with Crippen molar-refractivity contribution in [3.8, 4) is 34.1 Å². The van der Waals surface area contributed by atoms with Crippen LogP contribution in [0.3, 0.4) is 0 Å². The number of aromatic hydroxyl groups is 2. The molecule has 5 aromatic rings. The second-order valence-electron chi connectivity index (χ2n) is 13.0. The highest BCUT2D eigenvalue weighted by Gasteiger charge is 2.38. The predicted octanol–water partition coefficient (Wildman–Crippen LogP) is 6.31. The second kappa shape index (κ2) is 12.6. The standard InChI is InChI=1S/C37H40N6O3/c1-42-18-3-15-37(23-42)16-4-19-43(24-37)20-14-25-6-10-28(11-7-25)39-35(45)27-8-12-31-32(22-27)41-34(40-31)30-21-26(9-13-33(30)44)29-5-2-17-38-36(29)46/h2,5-13,17,21-22,44H,3-4,14-16,18-20,23-24H2,1H3,(H,38,46)(H,39,45)(H,40,41). The van der Waals surface area contributed by atoms with Crippen molar-refractivity contribution in [1.29, 1.82) is 0 Å². The molecule has 2 fully saturated rings. The molecule has 0 aliphatic carbocycles. The maximum Gasteiger partial charge on any atom is 0.255 e. The molecule has 3 aromatic carbocycles. The minimum absolute atomic E-state index is 0.0458. The third kappa shape index (κ3) is 6.34. The van der Waals surface area contributed by atoms with E-state index in [1.165, 1.54) is 63.6 Å². The molecule has 0 saturated carbocycles. The molecule has 4 N–H and O–H groups in total. The van der Waals surface area contributed by atoms with E-state index in [1.807, 2.05) is 18.2 Å². The third-order valence-corrected chi connectivity index (χ3v) is 9.62. The highest BCUT2D eigenvalue weighted by atomic mass is 16.3. The fourth-order valence-corrected chi connectivity index (χ4v) is 7.32. The Kier molecular flexibility index (Phi) is 8.19. The number of imidazole rings is 1. The number of phenolic OH excluding ortho intramolecular Hbond substituents is 1. The number of hydrogen-bond donors (Lipinski definition) is 4. The topological polar surface area (TPSA) is 118 Å². The fraction of sp³-hybridized carbons (Fsp3) is 0.324. The van der Waals surface area contributed by atoms with Crippen LogP contribution < -0.4 is 5.32 Å². The molecule has 2 aromatic heterocycles. The van der Waals surface area contributed by atoms with Crippen molar-refractivity contribution in [2.45, 2.75) is 32.1 Å². The van der Waals surface area contributed by atoms with Crippen molar-refractivity contribution in [1.82, 2.24) is 24.8 Å². The number of rotatable bonds is 7. The van der Waals surface area contributed by atoms with E-state index in [0.29, 0.717) is 39.0 Å². The first-order valence-electron chi connectivity index (χ1n) is 16.1. The molecule has 1 atom stereocenters. The summed E-state index contributed by atoms with van der Waals surface area (Å²) in [4.78, 5) is 30.2. The molecule has 1 unspecified atom stereocenters. The van der Waals surface area contributed by atoms with Crippen LogP contribution in [0.4, 0.5) is 5.69 Å². The highest BCUT2D eigenvalue weighted by molar-refractivity contribution is 6.06. The smallest absolute Gasteiger partial charge is 0.255 e. The Balaban J connectivity index is 0.995. The number of pyridine rings is 1. The van der Waals surface area contributed by atoms with E-state index in [0.717, 1.165) is 24.2 Å². The zero-order valence-corrected chi connectivity index (χ0v) is 26.2. The first kappa shape index (κ1) is 30.0. The lowest BCUT2D eigenvalue weighted by Crippen LogP contribution is -2.51. The van der Waals surface area contributed by atoms with Gasteiger partial charge in [0.15, 0.2) is 0 Å². The number of piperidine rings is 2. The van der Waals surface area contributed by atoms with Crippen LogP contribution in [0, 0.1) is 5.41 Å². The molecule has 0 bridgehead atoms. The number of hydrogen-bond acceptors (Lipinski definition) is 7. The summed E-state index contributed by atoms with van der Waals surface area (Å²) in [5.74, 6) is 0.195. The van der Waals surface area contributed by atoms with Crippen LogP contribution in [0.2, 0.25) is 0 Å². The van der Waals surface area contributed by atoms with E-state index in [2.05, 4.69) is 49.2 Å². The number of benzene rings is 3. The van der Waals surface area contributed by atoms with Crippen molar-refractivity contribution in [2.75, 3.05) is 45.1 Å². The summed E-state index contributed by atoms with van der Waals surface area (Å²) >= 11 is 0. The lowest BCUT2D eigenvalue weighted by molar-refractivity contribution is 0.0235. The van der Waals surface area contributed by atoms with Gasteiger partial charge in [-0.1, -0.05) is 18.2 Å². The number of carbonyl (C=O) groups excluding carboxylic acids is 1. The summed E-state index contributed by atoms with van der Waals surface area (Å²) in [7, 11) is 2.26. The number of aromatic amines is 1. The number of carbonyl (C=O) groups is 1. The Morgan fingerprint density at radius 1 is 0.957 bits per heavy atom. The molecule has 0 radical (unpaired) electrons.